The van der Waals surface area contributed by atoms with E-state index in [2.05, 4.69) is 168 Å². The fourth-order valence-corrected chi connectivity index (χ4v) is 9.09. The van der Waals surface area contributed by atoms with Gasteiger partial charge in [-0.05, 0) is 103 Å². The molecule has 242 valence electrons. The molecule has 1 heteroatoms. The monoisotopic (exact) mass is 642 g/mol. The van der Waals surface area contributed by atoms with E-state index in [1.165, 1.54) is 99.8 Å². The van der Waals surface area contributed by atoms with Crippen molar-refractivity contribution in [3.8, 4) is 11.1 Å². The van der Waals surface area contributed by atoms with Crippen LogP contribution in [0.5, 0.6) is 0 Å². The van der Waals surface area contributed by atoms with E-state index in [1.54, 1.807) is 0 Å². The van der Waals surface area contributed by atoms with Gasteiger partial charge in [-0.25, -0.2) is 0 Å². The minimum Gasteiger partial charge on any atom is -0.0836 e. The number of fused-ring (bicyclic) bond motifs is 4. The number of hydrogen-bond acceptors (Lipinski definition) is 0. The van der Waals surface area contributed by atoms with Crippen LogP contribution in [0.3, 0.4) is 0 Å². The Kier molecular flexibility index (Phi) is 7.43. The van der Waals surface area contributed by atoms with Crippen molar-refractivity contribution in [3.63, 3.8) is 0 Å². The fourth-order valence-electron chi connectivity index (χ4n) is 9.09. The first-order valence-electron chi connectivity index (χ1n) is 18.3. The van der Waals surface area contributed by atoms with Gasteiger partial charge in [0.05, 0.1) is 0 Å². The largest absolute Gasteiger partial charge is 0.242 e. The lowest BCUT2D eigenvalue weighted by Crippen LogP contribution is -2.62. The summed E-state index contributed by atoms with van der Waals surface area (Å²) in [7, 11) is 0. The molecule has 0 saturated carbocycles. The summed E-state index contributed by atoms with van der Waals surface area (Å²) < 4.78 is 0. The lowest BCUT2D eigenvalue weighted by molar-refractivity contribution is 0.942. The first-order chi connectivity index (χ1) is 24.3. The van der Waals surface area contributed by atoms with Crippen molar-refractivity contribution in [1.82, 2.24) is 0 Å². The molecular formula is C49H43B. The van der Waals surface area contributed by atoms with E-state index >= 15 is 0 Å². The van der Waals surface area contributed by atoms with Crippen LogP contribution in [0, 0.1) is 34.6 Å². The minimum absolute atomic E-state index is 0.102. The standard InChI is InChI=1S/C49H43B/c1-30-11-18-36(19-12-30)42-25-32(3)15-22-39(42)48-41-24-17-34(5)27-46(41)50-45-26-33(4)16-23-40(45)47(37-20-13-31(2)14-21-37)43-28-38(29-44(48)49(43)50)35-9-7-6-8-10-35/h7,9-29,47-48H,6,8H2,1-5H3. The van der Waals surface area contributed by atoms with Gasteiger partial charge in [0.15, 0.2) is 0 Å². The first kappa shape index (κ1) is 30.9. The summed E-state index contributed by atoms with van der Waals surface area (Å²) in [6.07, 6.45) is 9.36. The van der Waals surface area contributed by atoms with E-state index in [4.69, 9.17) is 0 Å². The smallest absolute Gasteiger partial charge is 0.0836 e. The van der Waals surface area contributed by atoms with Crippen LogP contribution in [0.15, 0.2) is 133 Å². The summed E-state index contributed by atoms with van der Waals surface area (Å²) in [5.74, 6) is 0.261. The van der Waals surface area contributed by atoms with Gasteiger partial charge in [0, 0.05) is 11.8 Å². The minimum atomic E-state index is 0.102. The molecule has 2 aliphatic heterocycles. The quantitative estimate of drug-likeness (QED) is 0.168. The highest BCUT2D eigenvalue weighted by atomic mass is 14.4. The average molecular weight is 643 g/mol. The van der Waals surface area contributed by atoms with E-state index < -0.39 is 0 Å². The molecule has 3 aliphatic rings. The van der Waals surface area contributed by atoms with E-state index in [0.717, 1.165) is 12.8 Å². The Bertz CT molecular complexity index is 2370. The number of hydrogen-bond donors (Lipinski definition) is 0. The number of allylic oxidation sites excluding steroid dienone is 4. The molecule has 0 bridgehead atoms. The molecule has 0 N–H and O–H groups in total. The summed E-state index contributed by atoms with van der Waals surface area (Å²) in [5, 5.41) is 0. The third-order valence-corrected chi connectivity index (χ3v) is 11.5. The second kappa shape index (κ2) is 12.0. The Morgan fingerprint density at radius 3 is 1.62 bits per heavy atom. The first-order valence-corrected chi connectivity index (χ1v) is 18.3. The van der Waals surface area contributed by atoms with Crippen LogP contribution >= 0.6 is 0 Å². The summed E-state index contributed by atoms with van der Waals surface area (Å²) in [4.78, 5) is 0. The van der Waals surface area contributed by atoms with Crippen molar-refractivity contribution >= 4 is 28.7 Å². The molecule has 6 aromatic rings. The zero-order valence-corrected chi connectivity index (χ0v) is 29.8. The van der Waals surface area contributed by atoms with Crippen LogP contribution in [0.2, 0.25) is 0 Å². The average Bonchev–Trinajstić information content (AvgIpc) is 3.13. The lowest BCUT2D eigenvalue weighted by Gasteiger charge is -2.42. The second-order valence-electron chi connectivity index (χ2n) is 15.1. The van der Waals surface area contributed by atoms with Crippen LogP contribution in [-0.4, -0.2) is 6.71 Å². The summed E-state index contributed by atoms with van der Waals surface area (Å²) in [6, 6.07) is 45.3. The summed E-state index contributed by atoms with van der Waals surface area (Å²) in [6.45, 7) is 11.3. The molecule has 0 nitrogen and oxygen atoms in total. The van der Waals surface area contributed by atoms with E-state index in [1.807, 2.05) is 0 Å². The molecule has 0 amide bonds. The molecular weight excluding hydrogens is 599 g/mol. The van der Waals surface area contributed by atoms with Crippen LogP contribution in [-0.2, 0) is 0 Å². The molecule has 0 aromatic heterocycles. The Hall–Kier alpha value is -5.14. The molecule has 0 spiro atoms. The van der Waals surface area contributed by atoms with Gasteiger partial charge >= 0.3 is 0 Å². The van der Waals surface area contributed by atoms with Crippen molar-refractivity contribution < 1.29 is 0 Å². The van der Waals surface area contributed by atoms with Gasteiger partial charge in [0.2, 0.25) is 6.71 Å². The molecule has 2 atom stereocenters. The predicted octanol–water partition coefficient (Wildman–Crippen LogP) is 10.1. The van der Waals surface area contributed by atoms with Crippen molar-refractivity contribution in [2.24, 2.45) is 0 Å². The number of benzene rings is 6. The van der Waals surface area contributed by atoms with Crippen molar-refractivity contribution in [2.45, 2.75) is 59.3 Å². The Morgan fingerprint density at radius 2 is 1.00 bits per heavy atom. The van der Waals surface area contributed by atoms with Gasteiger partial charge in [0.25, 0.3) is 0 Å². The SMILES string of the molecule is Cc1ccc(-c2cc(C)ccc2C2c3ccc(C)cc3B3c4cc(C)ccc4C(c4ccc(C)cc4)c4cc(C5=CCCC=C5)cc2c43)cc1. The summed E-state index contributed by atoms with van der Waals surface area (Å²) in [5.41, 5.74) is 24.8. The van der Waals surface area contributed by atoms with E-state index in [9.17, 15) is 0 Å². The van der Waals surface area contributed by atoms with Gasteiger partial charge in [-0.1, -0.05) is 178 Å². The van der Waals surface area contributed by atoms with Crippen LogP contribution in [0.1, 0.15) is 91.4 Å². The third kappa shape index (κ3) is 5.06. The summed E-state index contributed by atoms with van der Waals surface area (Å²) >= 11 is 0. The molecule has 50 heavy (non-hydrogen) atoms. The van der Waals surface area contributed by atoms with Crippen LogP contribution in [0.4, 0.5) is 0 Å². The molecule has 6 aromatic carbocycles. The predicted molar refractivity (Wildman–Crippen MR) is 214 cm³/mol. The molecule has 9 rings (SSSR count). The van der Waals surface area contributed by atoms with Gasteiger partial charge in [-0.2, -0.15) is 0 Å². The maximum atomic E-state index is 2.58. The van der Waals surface area contributed by atoms with E-state index in [-0.39, 0.29) is 18.5 Å². The molecule has 0 radical (unpaired) electrons. The number of aryl methyl sites for hydroxylation is 5. The lowest BCUT2D eigenvalue weighted by atomic mass is 9.28. The van der Waals surface area contributed by atoms with Crippen molar-refractivity contribution in [3.05, 3.63) is 200 Å². The van der Waals surface area contributed by atoms with Crippen molar-refractivity contribution in [2.75, 3.05) is 0 Å². The molecule has 0 saturated heterocycles. The highest BCUT2D eigenvalue weighted by molar-refractivity contribution is 6.97. The maximum Gasteiger partial charge on any atom is 0.242 e. The van der Waals surface area contributed by atoms with E-state index in [0.29, 0.717) is 0 Å². The molecule has 0 fully saturated rings. The maximum absolute atomic E-state index is 2.58. The van der Waals surface area contributed by atoms with Crippen molar-refractivity contribution in [1.29, 1.82) is 0 Å². The normalized spacial score (nSPS) is 17.1. The van der Waals surface area contributed by atoms with Crippen LogP contribution in [0.25, 0.3) is 16.7 Å². The topological polar surface area (TPSA) is 0 Å². The second-order valence-corrected chi connectivity index (χ2v) is 15.1. The molecule has 2 heterocycles. The third-order valence-electron chi connectivity index (χ3n) is 11.5. The van der Waals surface area contributed by atoms with Gasteiger partial charge in [-0.15, -0.1) is 0 Å². The van der Waals surface area contributed by atoms with Gasteiger partial charge in [0.1, 0.15) is 0 Å². The van der Waals surface area contributed by atoms with Gasteiger partial charge in [-0.3, -0.25) is 0 Å². The molecule has 2 unspecified atom stereocenters. The number of rotatable bonds is 4. The Balaban J connectivity index is 1.41. The highest BCUT2D eigenvalue weighted by Gasteiger charge is 2.45. The highest BCUT2D eigenvalue weighted by Crippen LogP contribution is 2.45. The zero-order valence-electron chi connectivity index (χ0n) is 29.8. The fraction of sp³-hybridized carbons (Fsp3) is 0.184. The Labute approximate surface area is 298 Å². The molecule has 1 aliphatic carbocycles. The zero-order chi connectivity index (χ0) is 34.1. The van der Waals surface area contributed by atoms with Crippen LogP contribution < -0.4 is 16.4 Å². The van der Waals surface area contributed by atoms with Gasteiger partial charge < -0.3 is 0 Å². The Morgan fingerprint density at radius 1 is 0.460 bits per heavy atom.